The van der Waals surface area contributed by atoms with E-state index in [0.717, 1.165) is 55.6 Å². The van der Waals surface area contributed by atoms with Gasteiger partial charge in [0.2, 0.25) is 5.95 Å². The second-order valence-corrected chi connectivity index (χ2v) is 7.93. The van der Waals surface area contributed by atoms with Crippen LogP contribution in [0.15, 0.2) is 59.7 Å². The van der Waals surface area contributed by atoms with E-state index in [0.29, 0.717) is 0 Å². The van der Waals surface area contributed by atoms with Gasteiger partial charge in [0.1, 0.15) is 5.82 Å². The Morgan fingerprint density at radius 1 is 1.13 bits per heavy atom. The number of rotatable bonds is 4. The van der Waals surface area contributed by atoms with Crippen molar-refractivity contribution in [2.24, 2.45) is 4.99 Å². The maximum absolute atomic E-state index is 4.90. The van der Waals surface area contributed by atoms with Crippen LogP contribution in [0.1, 0.15) is 34.7 Å². The number of aromatic nitrogens is 2. The molecule has 0 aliphatic carbocycles. The molecule has 3 heterocycles. The highest BCUT2D eigenvalue weighted by Gasteiger charge is 2.21. The zero-order valence-electron chi connectivity index (χ0n) is 17.2. The molecule has 3 aromatic rings. The van der Waals surface area contributed by atoms with Gasteiger partial charge in [0.25, 0.3) is 0 Å². The summed E-state index contributed by atoms with van der Waals surface area (Å²) in [6.45, 7) is 5.59. The van der Waals surface area contributed by atoms with Crippen LogP contribution in [0.3, 0.4) is 0 Å². The number of hydrogen-bond acceptors (Lipinski definition) is 6. The second kappa shape index (κ2) is 8.24. The summed E-state index contributed by atoms with van der Waals surface area (Å²) in [5.74, 6) is 1.62. The van der Waals surface area contributed by atoms with E-state index in [1.165, 1.54) is 16.7 Å². The van der Waals surface area contributed by atoms with Crippen molar-refractivity contribution in [3.8, 4) is 0 Å². The van der Waals surface area contributed by atoms with Crippen molar-refractivity contribution >= 4 is 23.7 Å². The number of nitrogens with one attached hydrogen (secondary N) is 2. The van der Waals surface area contributed by atoms with Gasteiger partial charge in [-0.2, -0.15) is 4.98 Å². The van der Waals surface area contributed by atoms with Gasteiger partial charge in [-0.3, -0.25) is 4.99 Å². The minimum Gasteiger partial charge on any atom is -0.340 e. The van der Waals surface area contributed by atoms with E-state index in [9.17, 15) is 0 Å². The van der Waals surface area contributed by atoms with Crippen LogP contribution in [0.2, 0.25) is 0 Å². The molecule has 152 valence electrons. The number of fused-ring (bicyclic) bond motifs is 1. The molecule has 2 aliphatic heterocycles. The lowest BCUT2D eigenvalue weighted by Crippen LogP contribution is -2.32. The Balaban J connectivity index is 1.39. The van der Waals surface area contributed by atoms with Gasteiger partial charge in [0.05, 0.1) is 6.54 Å². The number of anilines is 3. The van der Waals surface area contributed by atoms with Crippen molar-refractivity contribution in [1.29, 1.82) is 0 Å². The Hall–Kier alpha value is -3.25. The monoisotopic (exact) mass is 398 g/mol. The molecule has 5 rings (SSSR count). The Kier molecular flexibility index (Phi) is 5.15. The van der Waals surface area contributed by atoms with Crippen molar-refractivity contribution in [1.82, 2.24) is 15.3 Å². The summed E-state index contributed by atoms with van der Waals surface area (Å²) in [7, 11) is 0. The van der Waals surface area contributed by atoms with Crippen molar-refractivity contribution < 1.29 is 0 Å². The average Bonchev–Trinajstić information content (AvgIpc) is 3.10. The number of aryl methyl sites for hydroxylation is 1. The summed E-state index contributed by atoms with van der Waals surface area (Å²) in [4.78, 5) is 16.2. The maximum Gasteiger partial charge on any atom is 0.227 e. The molecule has 6 heteroatoms. The fourth-order valence-electron chi connectivity index (χ4n) is 4.04. The van der Waals surface area contributed by atoms with Crippen LogP contribution in [-0.2, 0) is 6.54 Å². The van der Waals surface area contributed by atoms with Crippen LogP contribution in [0.5, 0.6) is 0 Å². The third-order valence-electron chi connectivity index (χ3n) is 5.74. The predicted molar refractivity (Wildman–Crippen MR) is 122 cm³/mol. The second-order valence-electron chi connectivity index (χ2n) is 7.93. The summed E-state index contributed by atoms with van der Waals surface area (Å²) in [6.07, 6.45) is 4.91. The van der Waals surface area contributed by atoms with Crippen molar-refractivity contribution in [3.63, 3.8) is 0 Å². The molecule has 0 saturated carbocycles. The van der Waals surface area contributed by atoms with Gasteiger partial charge < -0.3 is 15.5 Å². The van der Waals surface area contributed by atoms with E-state index < -0.39 is 0 Å². The average molecular weight is 399 g/mol. The fourth-order valence-corrected chi connectivity index (χ4v) is 4.04. The molecule has 0 spiro atoms. The summed E-state index contributed by atoms with van der Waals surface area (Å²) in [5, 5.41) is 7.15. The van der Waals surface area contributed by atoms with E-state index in [-0.39, 0.29) is 6.04 Å². The van der Waals surface area contributed by atoms with Crippen LogP contribution in [-0.4, -0.2) is 35.8 Å². The first-order valence-electron chi connectivity index (χ1n) is 10.5. The third kappa shape index (κ3) is 3.91. The quantitative estimate of drug-likeness (QED) is 0.695. The van der Waals surface area contributed by atoms with Crippen LogP contribution in [0.25, 0.3) is 0 Å². The van der Waals surface area contributed by atoms with Gasteiger partial charge in [0, 0.05) is 42.8 Å². The molecular weight excluding hydrogens is 372 g/mol. The topological polar surface area (TPSA) is 65.4 Å². The van der Waals surface area contributed by atoms with Crippen LogP contribution in [0, 0.1) is 6.92 Å². The summed E-state index contributed by atoms with van der Waals surface area (Å²) in [5.41, 5.74) is 5.80. The van der Waals surface area contributed by atoms with Gasteiger partial charge in [-0.15, -0.1) is 0 Å². The van der Waals surface area contributed by atoms with E-state index in [4.69, 9.17) is 4.98 Å². The fraction of sp³-hybridized carbons (Fsp3) is 0.292. The van der Waals surface area contributed by atoms with Gasteiger partial charge >= 0.3 is 0 Å². The molecular formula is C24H26N6. The van der Waals surface area contributed by atoms with Gasteiger partial charge in [-0.1, -0.05) is 36.4 Å². The zero-order valence-corrected chi connectivity index (χ0v) is 17.2. The summed E-state index contributed by atoms with van der Waals surface area (Å²) >= 11 is 0. The minimum atomic E-state index is 0.269. The molecule has 1 atom stereocenters. The Bertz CT molecular complexity index is 1060. The van der Waals surface area contributed by atoms with Crippen LogP contribution in [0.4, 0.5) is 17.5 Å². The molecule has 1 fully saturated rings. The molecule has 1 saturated heterocycles. The SMILES string of the molecule is Cc1cnc(N2CCCNC(c3ccccc3)C2)nc1Nc1ccc2c(c1)C=NC2. The molecule has 1 unspecified atom stereocenters. The van der Waals surface area contributed by atoms with Crippen LogP contribution >= 0.6 is 0 Å². The molecule has 6 nitrogen and oxygen atoms in total. The highest BCUT2D eigenvalue weighted by Crippen LogP contribution is 2.26. The molecule has 0 amide bonds. The number of hydrogen-bond donors (Lipinski definition) is 2. The smallest absolute Gasteiger partial charge is 0.227 e. The first-order chi connectivity index (χ1) is 14.8. The highest BCUT2D eigenvalue weighted by atomic mass is 15.3. The largest absolute Gasteiger partial charge is 0.340 e. The zero-order chi connectivity index (χ0) is 20.3. The molecule has 2 N–H and O–H groups in total. The molecule has 30 heavy (non-hydrogen) atoms. The summed E-state index contributed by atoms with van der Waals surface area (Å²) < 4.78 is 0. The first kappa shape index (κ1) is 18.8. The Morgan fingerprint density at radius 2 is 2.03 bits per heavy atom. The van der Waals surface area contributed by atoms with E-state index in [1.54, 1.807) is 0 Å². The lowest BCUT2D eigenvalue weighted by atomic mass is 10.1. The Morgan fingerprint density at radius 3 is 2.93 bits per heavy atom. The van der Waals surface area contributed by atoms with Gasteiger partial charge in [0.15, 0.2) is 0 Å². The minimum absolute atomic E-state index is 0.269. The molecule has 0 bridgehead atoms. The Labute approximate surface area is 177 Å². The molecule has 1 aromatic heterocycles. The van der Waals surface area contributed by atoms with E-state index >= 15 is 0 Å². The normalized spacial score (nSPS) is 18.2. The first-order valence-corrected chi connectivity index (χ1v) is 10.5. The highest BCUT2D eigenvalue weighted by molar-refractivity contribution is 5.86. The van der Waals surface area contributed by atoms with Gasteiger partial charge in [-0.25, -0.2) is 4.98 Å². The van der Waals surface area contributed by atoms with Crippen molar-refractivity contribution in [2.75, 3.05) is 29.9 Å². The van der Waals surface area contributed by atoms with Crippen molar-refractivity contribution in [3.05, 3.63) is 77.0 Å². The van der Waals surface area contributed by atoms with Crippen LogP contribution < -0.4 is 15.5 Å². The summed E-state index contributed by atoms with van der Waals surface area (Å²) in [6, 6.07) is 17.2. The van der Waals surface area contributed by atoms with Gasteiger partial charge in [-0.05, 0) is 48.7 Å². The lowest BCUT2D eigenvalue weighted by molar-refractivity contribution is 0.568. The standard InChI is InChI=1S/C24H26N6/c1-17-13-27-24(29-23(17)28-21-9-8-19-14-25-15-20(19)12-21)30-11-5-10-26-22(16-30)18-6-3-2-4-7-18/h2-4,6-9,12-13,15,22,26H,5,10-11,14,16H2,1H3,(H,27,28,29). The van der Waals surface area contributed by atoms with Crippen molar-refractivity contribution in [2.45, 2.75) is 25.9 Å². The third-order valence-corrected chi connectivity index (χ3v) is 5.74. The molecule has 2 aliphatic rings. The van der Waals surface area contributed by atoms with E-state index in [1.807, 2.05) is 19.3 Å². The lowest BCUT2D eigenvalue weighted by Gasteiger charge is -2.25. The number of benzene rings is 2. The maximum atomic E-state index is 4.90. The molecule has 2 aromatic carbocycles. The number of aliphatic imine (C=N–C) groups is 1. The van der Waals surface area contributed by atoms with E-state index in [2.05, 4.69) is 74.0 Å². The predicted octanol–water partition coefficient (Wildman–Crippen LogP) is 4.00. The number of nitrogens with zero attached hydrogens (tertiary/aromatic N) is 4. The molecule has 0 radical (unpaired) electrons.